The molecule has 2 aliphatic heterocycles. The van der Waals surface area contributed by atoms with Crippen LogP contribution in [0.15, 0.2) is 0 Å². The van der Waals surface area contributed by atoms with E-state index in [2.05, 4.69) is 16.7 Å². The minimum Gasteiger partial charge on any atom is -0.390 e. The molecule has 12 heavy (non-hydrogen) atoms. The van der Waals surface area contributed by atoms with E-state index in [1.165, 1.54) is 12.2 Å². The fraction of sp³-hybridized carbons (Fsp3) is 1.00. The lowest BCUT2D eigenvalue weighted by Gasteiger charge is -2.27. The van der Waals surface area contributed by atoms with Crippen LogP contribution in [0.25, 0.3) is 0 Å². The number of fused-ring (bicyclic) bond motifs is 2. The third-order valence-corrected chi connectivity index (χ3v) is 4.12. The molecule has 2 fully saturated rings. The summed E-state index contributed by atoms with van der Waals surface area (Å²) in [5, 5.41) is 10.2. The third kappa shape index (κ3) is 1.62. The van der Waals surface area contributed by atoms with Crippen molar-refractivity contribution in [3.8, 4) is 0 Å². The number of likely N-dealkylation sites (tertiary alicyclic amines) is 1. The van der Waals surface area contributed by atoms with E-state index in [9.17, 15) is 5.11 Å². The number of hydrogen-bond acceptors (Lipinski definition) is 4. The number of aliphatic hydroxyl groups excluding tert-OH is 1. The Morgan fingerprint density at radius 2 is 2.50 bits per heavy atom. The average Bonchev–Trinajstić information content (AvgIpc) is 2.64. The van der Waals surface area contributed by atoms with Crippen LogP contribution in [0.1, 0.15) is 6.42 Å². The molecule has 70 valence electrons. The number of β-amino-alcohol motifs (C(OH)–C–C–N with tert-alkyl or cyclic N) is 1. The quantitative estimate of drug-likeness (QED) is 0.627. The summed E-state index contributed by atoms with van der Waals surface area (Å²) in [5.41, 5.74) is 5.37. The normalized spacial score (nSPS) is 37.5. The predicted molar refractivity (Wildman–Crippen MR) is 51.3 cm³/mol. The Bertz CT molecular complexity index is 167. The number of hydrogen-bond donors (Lipinski definition) is 2. The summed E-state index contributed by atoms with van der Waals surface area (Å²) in [7, 11) is 0. The van der Waals surface area contributed by atoms with Gasteiger partial charge in [-0.2, -0.15) is 11.8 Å². The van der Waals surface area contributed by atoms with Gasteiger partial charge in [0, 0.05) is 36.7 Å². The number of nitrogens with zero attached hydrogens (tertiary/aromatic N) is 1. The summed E-state index contributed by atoms with van der Waals surface area (Å²) < 4.78 is 0. The first-order chi connectivity index (χ1) is 5.79. The molecule has 0 radical (unpaired) electrons. The molecule has 4 heteroatoms. The zero-order chi connectivity index (χ0) is 8.55. The molecular formula is C8H16N2OS. The first-order valence-electron chi connectivity index (χ1n) is 4.53. The molecule has 0 aromatic rings. The van der Waals surface area contributed by atoms with Gasteiger partial charge >= 0.3 is 0 Å². The first kappa shape index (κ1) is 8.81. The van der Waals surface area contributed by atoms with Crippen LogP contribution >= 0.6 is 11.8 Å². The predicted octanol–water partition coefficient (Wildman–Crippen LogP) is -0.504. The molecule has 2 bridgehead atoms. The van der Waals surface area contributed by atoms with Gasteiger partial charge in [0.05, 0.1) is 6.10 Å². The second-order valence-corrected chi connectivity index (χ2v) is 5.02. The molecule has 2 saturated heterocycles. The average molecular weight is 188 g/mol. The Labute approximate surface area is 77.3 Å². The van der Waals surface area contributed by atoms with E-state index in [0.717, 1.165) is 24.4 Å². The summed E-state index contributed by atoms with van der Waals surface area (Å²) in [6, 6.07) is 0.723. The van der Waals surface area contributed by atoms with Gasteiger partial charge in [-0.05, 0) is 6.42 Å². The fourth-order valence-corrected chi connectivity index (χ4v) is 3.54. The Morgan fingerprint density at radius 3 is 3.00 bits per heavy atom. The molecule has 3 nitrogen and oxygen atoms in total. The lowest BCUT2D eigenvalue weighted by molar-refractivity contribution is 0.115. The monoisotopic (exact) mass is 188 g/mol. The number of nitrogens with two attached hydrogens (primary N) is 1. The largest absolute Gasteiger partial charge is 0.390 e. The topological polar surface area (TPSA) is 49.5 Å². The van der Waals surface area contributed by atoms with Crippen molar-refractivity contribution in [2.24, 2.45) is 5.73 Å². The highest BCUT2D eigenvalue weighted by Gasteiger charge is 2.38. The molecule has 0 aromatic heterocycles. The Balaban J connectivity index is 1.82. The standard InChI is InChI=1S/C8H16N2OS/c9-2-7(11)3-10-4-8-1-6(10)5-12-8/h6-8,11H,1-5,9H2. The lowest BCUT2D eigenvalue weighted by atomic mass is 10.2. The second kappa shape index (κ2) is 3.54. The maximum absolute atomic E-state index is 9.37. The minimum atomic E-state index is -0.325. The molecular weight excluding hydrogens is 172 g/mol. The molecule has 0 aliphatic carbocycles. The highest BCUT2D eigenvalue weighted by atomic mass is 32.2. The van der Waals surface area contributed by atoms with Crippen molar-refractivity contribution in [2.45, 2.75) is 23.8 Å². The summed E-state index contributed by atoms with van der Waals surface area (Å²) in [6.45, 7) is 2.33. The van der Waals surface area contributed by atoms with Gasteiger partial charge in [0.1, 0.15) is 0 Å². The van der Waals surface area contributed by atoms with Crippen molar-refractivity contribution >= 4 is 11.8 Å². The van der Waals surface area contributed by atoms with Crippen LogP contribution in [-0.2, 0) is 0 Å². The van der Waals surface area contributed by atoms with Gasteiger partial charge in [-0.3, -0.25) is 4.90 Å². The van der Waals surface area contributed by atoms with E-state index in [-0.39, 0.29) is 6.10 Å². The van der Waals surface area contributed by atoms with Crippen molar-refractivity contribution in [3.63, 3.8) is 0 Å². The second-order valence-electron chi connectivity index (χ2n) is 3.69. The summed E-state index contributed by atoms with van der Waals surface area (Å²) >= 11 is 2.08. The van der Waals surface area contributed by atoms with Crippen molar-refractivity contribution in [1.29, 1.82) is 0 Å². The van der Waals surface area contributed by atoms with Crippen LogP contribution in [0.5, 0.6) is 0 Å². The molecule has 0 spiro atoms. The first-order valence-corrected chi connectivity index (χ1v) is 5.58. The van der Waals surface area contributed by atoms with Crippen LogP contribution in [0.3, 0.4) is 0 Å². The smallest absolute Gasteiger partial charge is 0.0789 e. The van der Waals surface area contributed by atoms with Crippen LogP contribution < -0.4 is 5.73 Å². The van der Waals surface area contributed by atoms with Gasteiger partial charge in [0.2, 0.25) is 0 Å². The van der Waals surface area contributed by atoms with Crippen molar-refractivity contribution in [3.05, 3.63) is 0 Å². The molecule has 0 saturated carbocycles. The van der Waals surface area contributed by atoms with Gasteiger partial charge in [-0.15, -0.1) is 0 Å². The SMILES string of the molecule is NCC(O)CN1CC2CC1CS2. The fourth-order valence-electron chi connectivity index (χ4n) is 2.05. The van der Waals surface area contributed by atoms with E-state index >= 15 is 0 Å². The summed E-state index contributed by atoms with van der Waals surface area (Å²) in [4.78, 5) is 2.39. The van der Waals surface area contributed by atoms with Crippen molar-refractivity contribution in [1.82, 2.24) is 4.90 Å². The van der Waals surface area contributed by atoms with Gasteiger partial charge in [-0.1, -0.05) is 0 Å². The van der Waals surface area contributed by atoms with Gasteiger partial charge in [0.15, 0.2) is 0 Å². The maximum atomic E-state index is 9.37. The van der Waals surface area contributed by atoms with Crippen LogP contribution in [0, 0.1) is 0 Å². The van der Waals surface area contributed by atoms with Crippen molar-refractivity contribution in [2.75, 3.05) is 25.4 Å². The Hall–Kier alpha value is 0.230. The van der Waals surface area contributed by atoms with Crippen LogP contribution in [0.2, 0.25) is 0 Å². The Morgan fingerprint density at radius 1 is 1.67 bits per heavy atom. The molecule has 2 rings (SSSR count). The zero-order valence-corrected chi connectivity index (χ0v) is 7.96. The molecule has 3 unspecified atom stereocenters. The van der Waals surface area contributed by atoms with E-state index < -0.39 is 0 Å². The molecule has 0 aromatic carbocycles. The van der Waals surface area contributed by atoms with Gasteiger partial charge in [0.25, 0.3) is 0 Å². The Kier molecular flexibility index (Phi) is 2.60. The van der Waals surface area contributed by atoms with Crippen LogP contribution in [0.4, 0.5) is 0 Å². The highest BCUT2D eigenvalue weighted by molar-refractivity contribution is 8.00. The molecule has 2 aliphatic rings. The molecule has 2 heterocycles. The minimum absolute atomic E-state index is 0.325. The zero-order valence-electron chi connectivity index (χ0n) is 7.15. The number of rotatable bonds is 3. The van der Waals surface area contributed by atoms with Crippen LogP contribution in [-0.4, -0.2) is 52.8 Å². The maximum Gasteiger partial charge on any atom is 0.0789 e. The third-order valence-electron chi connectivity index (χ3n) is 2.73. The summed E-state index contributed by atoms with van der Waals surface area (Å²) in [6.07, 6.45) is 0.997. The summed E-state index contributed by atoms with van der Waals surface area (Å²) in [5.74, 6) is 1.25. The molecule has 3 N–H and O–H groups in total. The lowest BCUT2D eigenvalue weighted by Crippen LogP contribution is -2.41. The molecule has 3 atom stereocenters. The highest BCUT2D eigenvalue weighted by Crippen LogP contribution is 2.37. The number of thioether (sulfide) groups is 1. The van der Waals surface area contributed by atoms with Gasteiger partial charge in [-0.25, -0.2) is 0 Å². The van der Waals surface area contributed by atoms with E-state index in [1.807, 2.05) is 0 Å². The number of aliphatic hydroxyl groups is 1. The van der Waals surface area contributed by atoms with E-state index in [1.54, 1.807) is 0 Å². The van der Waals surface area contributed by atoms with E-state index in [0.29, 0.717) is 6.54 Å². The van der Waals surface area contributed by atoms with Gasteiger partial charge < -0.3 is 10.8 Å². The van der Waals surface area contributed by atoms with Crippen molar-refractivity contribution < 1.29 is 5.11 Å². The molecule has 0 amide bonds. The van der Waals surface area contributed by atoms with E-state index in [4.69, 9.17) is 5.73 Å².